The third kappa shape index (κ3) is 5.62. The van der Waals surface area contributed by atoms with Crippen LogP contribution in [0.3, 0.4) is 0 Å². The smallest absolute Gasteiger partial charge is 0.416 e. The summed E-state index contributed by atoms with van der Waals surface area (Å²) in [7, 11) is 0. The van der Waals surface area contributed by atoms with Crippen LogP contribution in [0, 0.1) is 17.8 Å². The predicted molar refractivity (Wildman–Crippen MR) is 89.5 cm³/mol. The van der Waals surface area contributed by atoms with Crippen LogP contribution in [0.1, 0.15) is 37.7 Å². The van der Waals surface area contributed by atoms with Crippen molar-refractivity contribution >= 4 is 5.91 Å². The SMILES string of the molecule is O=C(CC(C1CC1)C1CC1)NCC(O)COc1cccc(C(F)(F)F)c1. The van der Waals surface area contributed by atoms with Gasteiger partial charge in [-0.05, 0) is 61.6 Å². The van der Waals surface area contributed by atoms with E-state index in [-0.39, 0.29) is 24.8 Å². The zero-order valence-corrected chi connectivity index (χ0v) is 14.5. The largest absolute Gasteiger partial charge is 0.491 e. The number of aliphatic hydroxyl groups is 1. The van der Waals surface area contributed by atoms with Gasteiger partial charge in [0.2, 0.25) is 5.91 Å². The van der Waals surface area contributed by atoms with Gasteiger partial charge in [-0.3, -0.25) is 4.79 Å². The summed E-state index contributed by atoms with van der Waals surface area (Å²) in [5.74, 6) is 1.79. The van der Waals surface area contributed by atoms with Crippen LogP contribution >= 0.6 is 0 Å². The molecule has 144 valence electrons. The Labute approximate surface area is 150 Å². The van der Waals surface area contributed by atoms with Gasteiger partial charge in [-0.15, -0.1) is 0 Å². The van der Waals surface area contributed by atoms with E-state index in [1.165, 1.54) is 37.8 Å². The van der Waals surface area contributed by atoms with Crippen LogP contribution < -0.4 is 10.1 Å². The fourth-order valence-corrected chi connectivity index (χ4v) is 3.30. The highest BCUT2D eigenvalue weighted by atomic mass is 19.4. The molecule has 2 saturated carbocycles. The molecule has 1 aromatic rings. The summed E-state index contributed by atoms with van der Waals surface area (Å²) >= 11 is 0. The van der Waals surface area contributed by atoms with Gasteiger partial charge < -0.3 is 15.2 Å². The summed E-state index contributed by atoms with van der Waals surface area (Å²) in [6.45, 7) is -0.157. The molecule has 2 fully saturated rings. The molecule has 0 aromatic heterocycles. The zero-order chi connectivity index (χ0) is 18.7. The Morgan fingerprint density at radius 1 is 1.23 bits per heavy atom. The highest BCUT2D eigenvalue weighted by Crippen LogP contribution is 2.50. The molecule has 0 radical (unpaired) electrons. The zero-order valence-electron chi connectivity index (χ0n) is 14.5. The first-order valence-corrected chi connectivity index (χ1v) is 9.07. The van der Waals surface area contributed by atoms with E-state index in [2.05, 4.69) is 5.32 Å². The number of hydrogen-bond acceptors (Lipinski definition) is 3. The van der Waals surface area contributed by atoms with Crippen LogP contribution in [0.25, 0.3) is 0 Å². The van der Waals surface area contributed by atoms with Crippen molar-refractivity contribution in [2.24, 2.45) is 17.8 Å². The molecule has 0 saturated heterocycles. The molecule has 0 spiro atoms. The lowest BCUT2D eigenvalue weighted by Crippen LogP contribution is -2.36. The molecule has 1 amide bonds. The first-order valence-electron chi connectivity index (χ1n) is 9.07. The van der Waals surface area contributed by atoms with Gasteiger partial charge in [0.1, 0.15) is 18.5 Å². The highest BCUT2D eigenvalue weighted by molar-refractivity contribution is 5.76. The molecule has 2 aliphatic rings. The number of rotatable bonds is 9. The van der Waals surface area contributed by atoms with Gasteiger partial charge in [0.05, 0.1) is 5.56 Å². The standard InChI is InChI=1S/C19H24F3NO3/c20-19(21,22)14-2-1-3-16(8-14)26-11-15(24)10-23-18(25)9-17(12-4-5-12)13-6-7-13/h1-3,8,12-13,15,17,24H,4-7,9-11H2,(H,23,25). The van der Waals surface area contributed by atoms with E-state index in [9.17, 15) is 23.1 Å². The van der Waals surface area contributed by atoms with Crippen LogP contribution in [-0.2, 0) is 11.0 Å². The molecule has 1 aromatic carbocycles. The molecule has 1 unspecified atom stereocenters. The van der Waals surface area contributed by atoms with Crippen LogP contribution in [0.15, 0.2) is 24.3 Å². The van der Waals surface area contributed by atoms with Crippen molar-refractivity contribution in [3.63, 3.8) is 0 Å². The predicted octanol–water partition coefficient (Wildman–Crippen LogP) is 3.39. The van der Waals surface area contributed by atoms with Gasteiger partial charge in [-0.25, -0.2) is 0 Å². The lowest BCUT2D eigenvalue weighted by Gasteiger charge is -2.17. The van der Waals surface area contributed by atoms with Crippen molar-refractivity contribution < 1.29 is 27.8 Å². The second kappa shape index (κ2) is 7.86. The Balaban J connectivity index is 1.38. The summed E-state index contributed by atoms with van der Waals surface area (Å²) in [5, 5.41) is 12.6. The van der Waals surface area contributed by atoms with Gasteiger partial charge in [0.25, 0.3) is 0 Å². The van der Waals surface area contributed by atoms with Crippen LogP contribution in [0.5, 0.6) is 5.75 Å². The number of hydrogen-bond donors (Lipinski definition) is 2. The maximum absolute atomic E-state index is 12.7. The average molecular weight is 371 g/mol. The Kier molecular flexibility index (Phi) is 5.75. The Morgan fingerprint density at radius 3 is 2.46 bits per heavy atom. The van der Waals surface area contributed by atoms with Crippen molar-refractivity contribution in [2.75, 3.05) is 13.2 Å². The molecule has 4 nitrogen and oxygen atoms in total. The fourth-order valence-electron chi connectivity index (χ4n) is 3.30. The summed E-state index contributed by atoms with van der Waals surface area (Å²) in [4.78, 5) is 12.1. The van der Waals surface area contributed by atoms with Crippen molar-refractivity contribution in [3.8, 4) is 5.75 Å². The van der Waals surface area contributed by atoms with Crippen molar-refractivity contribution in [3.05, 3.63) is 29.8 Å². The molecule has 3 rings (SSSR count). The van der Waals surface area contributed by atoms with E-state index in [4.69, 9.17) is 4.74 Å². The van der Waals surface area contributed by atoms with E-state index in [0.717, 1.165) is 12.1 Å². The maximum atomic E-state index is 12.7. The highest BCUT2D eigenvalue weighted by Gasteiger charge is 2.42. The molecular weight excluding hydrogens is 347 g/mol. The molecule has 2 N–H and O–H groups in total. The topological polar surface area (TPSA) is 58.6 Å². The monoisotopic (exact) mass is 371 g/mol. The van der Waals surface area contributed by atoms with E-state index in [0.29, 0.717) is 24.2 Å². The van der Waals surface area contributed by atoms with E-state index in [1.807, 2.05) is 0 Å². The first-order chi connectivity index (χ1) is 12.3. The summed E-state index contributed by atoms with van der Waals surface area (Å²) in [5.41, 5.74) is -0.802. The summed E-state index contributed by atoms with van der Waals surface area (Å²) in [6.07, 6.45) is -0.0794. The Bertz CT molecular complexity index is 615. The number of halogens is 3. The molecule has 26 heavy (non-hydrogen) atoms. The number of aliphatic hydroxyl groups excluding tert-OH is 1. The Hall–Kier alpha value is -1.76. The van der Waals surface area contributed by atoms with Crippen LogP contribution in [-0.4, -0.2) is 30.3 Å². The molecule has 2 aliphatic carbocycles. The minimum absolute atomic E-state index is 0.0276. The van der Waals surface area contributed by atoms with E-state index in [1.54, 1.807) is 0 Å². The quantitative estimate of drug-likeness (QED) is 0.700. The number of alkyl halides is 3. The first kappa shape index (κ1) is 19.0. The van der Waals surface area contributed by atoms with E-state index < -0.39 is 17.8 Å². The lowest BCUT2D eigenvalue weighted by molar-refractivity contribution is -0.137. The minimum Gasteiger partial charge on any atom is -0.491 e. The number of carbonyl (C=O) groups is 1. The van der Waals surface area contributed by atoms with Crippen LogP contribution in [0.4, 0.5) is 13.2 Å². The molecular formula is C19H24F3NO3. The summed E-state index contributed by atoms with van der Waals surface area (Å²) in [6, 6.07) is 4.50. The van der Waals surface area contributed by atoms with Gasteiger partial charge in [-0.2, -0.15) is 13.2 Å². The molecule has 0 aliphatic heterocycles. The van der Waals surface area contributed by atoms with E-state index >= 15 is 0 Å². The number of benzene rings is 1. The number of carbonyl (C=O) groups excluding carboxylic acids is 1. The van der Waals surface area contributed by atoms with Crippen molar-refractivity contribution in [1.29, 1.82) is 0 Å². The van der Waals surface area contributed by atoms with Gasteiger partial charge in [0.15, 0.2) is 0 Å². The van der Waals surface area contributed by atoms with Crippen LogP contribution in [0.2, 0.25) is 0 Å². The molecule has 1 atom stereocenters. The molecule has 0 heterocycles. The number of nitrogens with one attached hydrogen (secondary N) is 1. The second-order valence-corrected chi connectivity index (χ2v) is 7.34. The van der Waals surface area contributed by atoms with Gasteiger partial charge >= 0.3 is 6.18 Å². The van der Waals surface area contributed by atoms with Crippen molar-refractivity contribution in [2.45, 2.75) is 44.4 Å². The lowest BCUT2D eigenvalue weighted by atomic mass is 9.94. The van der Waals surface area contributed by atoms with Crippen molar-refractivity contribution in [1.82, 2.24) is 5.32 Å². The maximum Gasteiger partial charge on any atom is 0.416 e. The number of amides is 1. The van der Waals surface area contributed by atoms with Gasteiger partial charge in [0, 0.05) is 13.0 Å². The minimum atomic E-state index is -4.44. The Morgan fingerprint density at radius 2 is 1.88 bits per heavy atom. The number of ether oxygens (including phenoxy) is 1. The summed E-state index contributed by atoms with van der Waals surface area (Å²) < 4.78 is 43.2. The fraction of sp³-hybridized carbons (Fsp3) is 0.632. The molecule has 7 heteroatoms. The van der Waals surface area contributed by atoms with Gasteiger partial charge in [-0.1, -0.05) is 6.07 Å². The third-order valence-electron chi connectivity index (χ3n) is 5.01. The average Bonchev–Trinajstić information content (AvgIpc) is 3.47. The third-order valence-corrected chi connectivity index (χ3v) is 5.01. The molecule has 0 bridgehead atoms. The second-order valence-electron chi connectivity index (χ2n) is 7.34. The normalized spacial score (nSPS) is 18.7.